The van der Waals surface area contributed by atoms with Crippen LogP contribution in [0.3, 0.4) is 0 Å². The Morgan fingerprint density at radius 1 is 1.29 bits per heavy atom. The highest BCUT2D eigenvalue weighted by atomic mass is 16.4. The summed E-state index contributed by atoms with van der Waals surface area (Å²) < 4.78 is 0. The van der Waals surface area contributed by atoms with Crippen LogP contribution >= 0.6 is 0 Å². The average Bonchev–Trinajstić information content (AvgIpc) is 2.47. The first kappa shape index (κ1) is 15.4. The van der Waals surface area contributed by atoms with Crippen LogP contribution in [0.15, 0.2) is 24.3 Å². The lowest BCUT2D eigenvalue weighted by Gasteiger charge is -2.36. The number of aromatic carboxylic acids is 1. The summed E-state index contributed by atoms with van der Waals surface area (Å²) in [6.45, 7) is 3.40. The van der Waals surface area contributed by atoms with Crippen LogP contribution in [0.25, 0.3) is 0 Å². The van der Waals surface area contributed by atoms with Gasteiger partial charge in [-0.1, -0.05) is 12.1 Å². The minimum atomic E-state index is -0.937. The molecule has 1 atom stereocenters. The zero-order valence-corrected chi connectivity index (χ0v) is 12.6. The molecule has 21 heavy (non-hydrogen) atoms. The summed E-state index contributed by atoms with van der Waals surface area (Å²) in [6, 6.07) is 6.99. The first-order chi connectivity index (χ1) is 9.99. The highest BCUT2D eigenvalue weighted by Crippen LogP contribution is 2.18. The number of rotatable bonds is 3. The second kappa shape index (κ2) is 6.61. The van der Waals surface area contributed by atoms with Gasteiger partial charge >= 0.3 is 12.0 Å². The molecule has 1 aliphatic rings. The summed E-state index contributed by atoms with van der Waals surface area (Å²) in [4.78, 5) is 26.9. The molecule has 1 aliphatic heterocycles. The fourth-order valence-electron chi connectivity index (χ4n) is 2.70. The second-order valence-corrected chi connectivity index (χ2v) is 5.68. The Bertz CT molecular complexity index is 513. The fourth-order valence-corrected chi connectivity index (χ4v) is 2.70. The Hall–Kier alpha value is -2.04. The van der Waals surface area contributed by atoms with Crippen LogP contribution in [-0.2, 0) is 6.54 Å². The van der Waals surface area contributed by atoms with Crippen LogP contribution in [0.5, 0.6) is 0 Å². The number of carbonyl (C=O) groups is 2. The summed E-state index contributed by atoms with van der Waals surface area (Å²) in [6.07, 6.45) is 3.31. The summed E-state index contributed by atoms with van der Waals surface area (Å²) in [5.74, 6) is -0.937. The van der Waals surface area contributed by atoms with Gasteiger partial charge in [0.1, 0.15) is 0 Å². The molecule has 5 nitrogen and oxygen atoms in total. The van der Waals surface area contributed by atoms with Crippen molar-refractivity contribution < 1.29 is 14.7 Å². The molecule has 5 heteroatoms. The van der Waals surface area contributed by atoms with E-state index in [2.05, 4.69) is 6.92 Å². The summed E-state index contributed by atoms with van der Waals surface area (Å²) in [5, 5.41) is 8.87. The lowest BCUT2D eigenvalue weighted by atomic mass is 10.0. The lowest BCUT2D eigenvalue weighted by molar-refractivity contribution is 0.0696. The number of urea groups is 1. The molecule has 0 aliphatic carbocycles. The molecule has 114 valence electrons. The fraction of sp³-hybridized carbons (Fsp3) is 0.500. The highest BCUT2D eigenvalue weighted by Gasteiger charge is 2.25. The standard InChI is InChI=1S/C16H22N2O3/c1-12-5-3-4-10-18(12)16(21)17(2)11-13-6-8-14(9-7-13)15(19)20/h6-9,12H,3-5,10-11H2,1-2H3,(H,19,20). The monoisotopic (exact) mass is 290 g/mol. The van der Waals surface area contributed by atoms with Crippen molar-refractivity contribution in [3.8, 4) is 0 Å². The molecule has 2 amide bonds. The van der Waals surface area contributed by atoms with Crippen LogP contribution in [-0.4, -0.2) is 46.5 Å². The quantitative estimate of drug-likeness (QED) is 0.931. The molecule has 1 aromatic rings. The Morgan fingerprint density at radius 2 is 1.95 bits per heavy atom. The first-order valence-electron chi connectivity index (χ1n) is 7.33. The maximum Gasteiger partial charge on any atom is 0.335 e. The Balaban J connectivity index is 1.98. The average molecular weight is 290 g/mol. The van der Waals surface area contributed by atoms with Gasteiger partial charge in [-0.05, 0) is 43.9 Å². The van der Waals surface area contributed by atoms with Gasteiger partial charge in [0.15, 0.2) is 0 Å². The molecule has 0 bridgehead atoms. The van der Waals surface area contributed by atoms with Gasteiger partial charge in [-0.15, -0.1) is 0 Å². The highest BCUT2D eigenvalue weighted by molar-refractivity contribution is 5.87. The second-order valence-electron chi connectivity index (χ2n) is 5.68. The van der Waals surface area contributed by atoms with Crippen molar-refractivity contribution in [1.29, 1.82) is 0 Å². The van der Waals surface area contributed by atoms with Crippen molar-refractivity contribution >= 4 is 12.0 Å². The summed E-state index contributed by atoms with van der Waals surface area (Å²) in [5.41, 5.74) is 1.19. The Morgan fingerprint density at radius 3 is 2.52 bits per heavy atom. The van der Waals surface area contributed by atoms with E-state index in [0.29, 0.717) is 12.6 Å². The SMILES string of the molecule is CC1CCCCN1C(=O)N(C)Cc1ccc(C(=O)O)cc1. The van der Waals surface area contributed by atoms with Crippen LogP contribution < -0.4 is 0 Å². The smallest absolute Gasteiger partial charge is 0.335 e. The van der Waals surface area contributed by atoms with E-state index in [1.807, 2.05) is 4.90 Å². The third-order valence-electron chi connectivity index (χ3n) is 4.00. The number of hydrogen-bond donors (Lipinski definition) is 1. The number of carboxylic acid groups (broad SMARTS) is 1. The molecule has 1 heterocycles. The van der Waals surface area contributed by atoms with Gasteiger partial charge in [0.05, 0.1) is 5.56 Å². The van der Waals surface area contributed by atoms with Crippen molar-refractivity contribution in [2.24, 2.45) is 0 Å². The Kier molecular flexibility index (Phi) is 4.83. The zero-order valence-electron chi connectivity index (χ0n) is 12.6. The van der Waals surface area contributed by atoms with Gasteiger partial charge in [0.2, 0.25) is 0 Å². The van der Waals surface area contributed by atoms with Gasteiger partial charge in [0, 0.05) is 26.2 Å². The predicted octanol–water partition coefficient (Wildman–Crippen LogP) is 2.81. The van der Waals surface area contributed by atoms with E-state index in [-0.39, 0.29) is 11.6 Å². The van der Waals surface area contributed by atoms with Gasteiger partial charge in [-0.3, -0.25) is 0 Å². The van der Waals surface area contributed by atoms with Crippen LogP contribution in [0, 0.1) is 0 Å². The maximum absolute atomic E-state index is 12.4. The topological polar surface area (TPSA) is 60.9 Å². The molecular weight excluding hydrogens is 268 g/mol. The van der Waals surface area contributed by atoms with Gasteiger partial charge in [-0.25, -0.2) is 9.59 Å². The van der Waals surface area contributed by atoms with E-state index >= 15 is 0 Å². The molecular formula is C16H22N2O3. The van der Waals surface area contributed by atoms with Gasteiger partial charge < -0.3 is 14.9 Å². The first-order valence-corrected chi connectivity index (χ1v) is 7.33. The van der Waals surface area contributed by atoms with E-state index in [1.54, 1.807) is 36.2 Å². The molecule has 0 aromatic heterocycles. The number of hydrogen-bond acceptors (Lipinski definition) is 2. The Labute approximate surface area is 125 Å². The molecule has 1 saturated heterocycles. The zero-order chi connectivity index (χ0) is 15.4. The van der Waals surface area contributed by atoms with Crippen molar-refractivity contribution in [1.82, 2.24) is 9.80 Å². The van der Waals surface area contributed by atoms with Crippen molar-refractivity contribution in [3.05, 3.63) is 35.4 Å². The molecule has 1 N–H and O–H groups in total. The molecule has 0 spiro atoms. The number of carbonyl (C=O) groups excluding carboxylic acids is 1. The summed E-state index contributed by atoms with van der Waals surface area (Å²) in [7, 11) is 1.79. The van der Waals surface area contributed by atoms with Crippen LogP contribution in [0.4, 0.5) is 4.79 Å². The normalized spacial score (nSPS) is 18.4. The van der Waals surface area contributed by atoms with E-state index in [1.165, 1.54) is 6.42 Å². The van der Waals surface area contributed by atoms with E-state index in [9.17, 15) is 9.59 Å². The number of amides is 2. The van der Waals surface area contributed by atoms with E-state index in [0.717, 1.165) is 24.9 Å². The van der Waals surface area contributed by atoms with Gasteiger partial charge in [0.25, 0.3) is 0 Å². The number of likely N-dealkylation sites (tertiary alicyclic amines) is 1. The number of nitrogens with zero attached hydrogens (tertiary/aromatic N) is 2. The van der Waals surface area contributed by atoms with Crippen LogP contribution in [0.2, 0.25) is 0 Å². The molecule has 0 saturated carbocycles. The molecule has 0 radical (unpaired) electrons. The number of carboxylic acids is 1. The third kappa shape index (κ3) is 3.74. The maximum atomic E-state index is 12.4. The molecule has 1 aromatic carbocycles. The minimum absolute atomic E-state index is 0.0458. The lowest BCUT2D eigenvalue weighted by Crippen LogP contribution is -2.47. The van der Waals surface area contributed by atoms with Gasteiger partial charge in [-0.2, -0.15) is 0 Å². The van der Waals surface area contributed by atoms with Crippen molar-refractivity contribution in [2.75, 3.05) is 13.6 Å². The molecule has 1 fully saturated rings. The van der Waals surface area contributed by atoms with Crippen molar-refractivity contribution in [2.45, 2.75) is 38.8 Å². The van der Waals surface area contributed by atoms with E-state index < -0.39 is 5.97 Å². The third-order valence-corrected chi connectivity index (χ3v) is 4.00. The number of benzene rings is 1. The minimum Gasteiger partial charge on any atom is -0.478 e. The number of piperidine rings is 1. The van der Waals surface area contributed by atoms with Crippen LogP contribution in [0.1, 0.15) is 42.1 Å². The molecule has 1 unspecified atom stereocenters. The molecule has 2 rings (SSSR count). The predicted molar refractivity (Wildman–Crippen MR) is 80.3 cm³/mol. The van der Waals surface area contributed by atoms with Crippen molar-refractivity contribution in [3.63, 3.8) is 0 Å². The van der Waals surface area contributed by atoms with E-state index in [4.69, 9.17) is 5.11 Å². The summed E-state index contributed by atoms with van der Waals surface area (Å²) >= 11 is 0. The largest absolute Gasteiger partial charge is 0.478 e.